The van der Waals surface area contributed by atoms with Gasteiger partial charge in [0.05, 0.1) is 27.0 Å². The Morgan fingerprint density at radius 2 is 1.82 bits per heavy atom. The SMILES string of the molecule is NC(=O)CSc1ccccc1NC(=O)c1cccc(Cl)c1Cl. The topological polar surface area (TPSA) is 72.2 Å². The Morgan fingerprint density at radius 3 is 2.55 bits per heavy atom. The van der Waals surface area contributed by atoms with Crippen molar-refractivity contribution in [2.45, 2.75) is 4.90 Å². The van der Waals surface area contributed by atoms with Crippen LogP contribution in [0.4, 0.5) is 5.69 Å². The summed E-state index contributed by atoms with van der Waals surface area (Å²) in [6.07, 6.45) is 0. The van der Waals surface area contributed by atoms with Gasteiger partial charge in [-0.25, -0.2) is 0 Å². The number of halogens is 2. The molecule has 0 heterocycles. The van der Waals surface area contributed by atoms with Gasteiger partial charge < -0.3 is 11.1 Å². The Bertz CT molecular complexity index is 722. The van der Waals surface area contributed by atoms with E-state index in [1.54, 1.807) is 36.4 Å². The predicted octanol–water partition coefficient (Wildman–Crippen LogP) is 3.82. The van der Waals surface area contributed by atoms with E-state index in [0.29, 0.717) is 10.7 Å². The van der Waals surface area contributed by atoms with Crippen molar-refractivity contribution < 1.29 is 9.59 Å². The summed E-state index contributed by atoms with van der Waals surface area (Å²) < 4.78 is 0. The maximum absolute atomic E-state index is 12.3. The summed E-state index contributed by atoms with van der Waals surface area (Å²) in [4.78, 5) is 24.0. The van der Waals surface area contributed by atoms with Gasteiger partial charge in [0.2, 0.25) is 5.91 Å². The van der Waals surface area contributed by atoms with Crippen molar-refractivity contribution in [3.05, 3.63) is 58.1 Å². The number of anilines is 1. The molecule has 0 atom stereocenters. The van der Waals surface area contributed by atoms with Crippen molar-refractivity contribution in [1.82, 2.24) is 0 Å². The number of carbonyl (C=O) groups excluding carboxylic acids is 2. The molecule has 2 aromatic carbocycles. The van der Waals surface area contributed by atoms with Crippen LogP contribution in [-0.2, 0) is 4.79 Å². The molecule has 0 spiro atoms. The lowest BCUT2D eigenvalue weighted by molar-refractivity contribution is -0.115. The van der Waals surface area contributed by atoms with E-state index in [9.17, 15) is 9.59 Å². The first-order chi connectivity index (χ1) is 10.5. The van der Waals surface area contributed by atoms with Crippen LogP contribution in [0.1, 0.15) is 10.4 Å². The molecule has 0 radical (unpaired) electrons. The normalized spacial score (nSPS) is 10.3. The summed E-state index contributed by atoms with van der Waals surface area (Å²) in [7, 11) is 0. The van der Waals surface area contributed by atoms with Gasteiger partial charge in [-0.15, -0.1) is 11.8 Å². The number of primary amides is 1. The van der Waals surface area contributed by atoms with Gasteiger partial charge in [0.25, 0.3) is 5.91 Å². The van der Waals surface area contributed by atoms with Gasteiger partial charge in [0, 0.05) is 4.90 Å². The van der Waals surface area contributed by atoms with E-state index < -0.39 is 5.91 Å². The molecule has 114 valence electrons. The second-order valence-electron chi connectivity index (χ2n) is 4.31. The molecule has 4 nitrogen and oxygen atoms in total. The standard InChI is InChI=1S/C15H12Cl2N2O2S/c16-10-5-3-4-9(14(10)17)15(21)19-11-6-1-2-7-12(11)22-8-13(18)20/h1-7H,8H2,(H2,18,20)(H,19,21). The summed E-state index contributed by atoms with van der Waals surface area (Å²) >= 11 is 13.2. The van der Waals surface area contributed by atoms with Crippen molar-refractivity contribution in [3.8, 4) is 0 Å². The van der Waals surface area contributed by atoms with E-state index in [2.05, 4.69) is 5.32 Å². The van der Waals surface area contributed by atoms with Gasteiger partial charge >= 0.3 is 0 Å². The number of nitrogens with two attached hydrogens (primary N) is 1. The van der Waals surface area contributed by atoms with Gasteiger partial charge in [0.1, 0.15) is 0 Å². The third kappa shape index (κ3) is 4.16. The van der Waals surface area contributed by atoms with Crippen LogP contribution >= 0.6 is 35.0 Å². The molecule has 2 rings (SSSR count). The first kappa shape index (κ1) is 16.7. The lowest BCUT2D eigenvalue weighted by atomic mass is 10.2. The molecule has 7 heteroatoms. The van der Waals surface area contributed by atoms with Gasteiger partial charge in [-0.3, -0.25) is 9.59 Å². The van der Waals surface area contributed by atoms with Gasteiger partial charge in [0.15, 0.2) is 0 Å². The molecule has 0 aromatic heterocycles. The first-order valence-corrected chi connectivity index (χ1v) is 7.98. The Balaban J connectivity index is 2.21. The van der Waals surface area contributed by atoms with Crippen molar-refractivity contribution >= 4 is 52.5 Å². The number of nitrogens with one attached hydrogen (secondary N) is 1. The van der Waals surface area contributed by atoms with Crippen molar-refractivity contribution in [1.29, 1.82) is 0 Å². The molecule has 0 aliphatic rings. The van der Waals surface area contributed by atoms with Crippen LogP contribution in [0.5, 0.6) is 0 Å². The molecular weight excluding hydrogens is 343 g/mol. The molecule has 0 aliphatic carbocycles. The predicted molar refractivity (Wildman–Crippen MR) is 90.8 cm³/mol. The summed E-state index contributed by atoms with van der Waals surface area (Å²) in [5, 5.41) is 3.27. The van der Waals surface area contributed by atoms with E-state index in [-0.39, 0.29) is 22.2 Å². The Labute approximate surface area is 142 Å². The molecule has 0 fully saturated rings. The molecule has 0 saturated carbocycles. The summed E-state index contributed by atoms with van der Waals surface area (Å²) in [5.74, 6) is -0.672. The van der Waals surface area contributed by atoms with Crippen LogP contribution in [0.2, 0.25) is 10.0 Å². The number of amides is 2. The van der Waals surface area contributed by atoms with Crippen LogP contribution in [0.15, 0.2) is 47.4 Å². The molecule has 22 heavy (non-hydrogen) atoms. The summed E-state index contributed by atoms with van der Waals surface area (Å²) in [6, 6.07) is 12.0. The molecule has 2 aromatic rings. The molecule has 0 saturated heterocycles. The maximum Gasteiger partial charge on any atom is 0.257 e. The first-order valence-electron chi connectivity index (χ1n) is 6.24. The zero-order chi connectivity index (χ0) is 16.1. The maximum atomic E-state index is 12.3. The van der Waals surface area contributed by atoms with Crippen LogP contribution in [0.25, 0.3) is 0 Å². The molecule has 0 bridgehead atoms. The molecule has 2 amide bonds. The quantitative estimate of drug-likeness (QED) is 0.801. The fourth-order valence-electron chi connectivity index (χ4n) is 1.71. The van der Waals surface area contributed by atoms with E-state index >= 15 is 0 Å². The Kier molecular flexibility index (Phi) is 5.71. The van der Waals surface area contributed by atoms with Crippen molar-refractivity contribution in [2.24, 2.45) is 5.73 Å². The van der Waals surface area contributed by atoms with Crippen molar-refractivity contribution in [2.75, 3.05) is 11.1 Å². The average Bonchev–Trinajstić information content (AvgIpc) is 2.49. The number of carbonyl (C=O) groups is 2. The summed E-state index contributed by atoms with van der Waals surface area (Å²) in [5.41, 5.74) is 6.00. The van der Waals surface area contributed by atoms with Gasteiger partial charge in [-0.1, -0.05) is 41.4 Å². The average molecular weight is 355 g/mol. The van der Waals surface area contributed by atoms with Gasteiger partial charge in [-0.2, -0.15) is 0 Å². The number of hydrogen-bond donors (Lipinski definition) is 2. The van der Waals surface area contributed by atoms with E-state index in [1.807, 2.05) is 6.07 Å². The second-order valence-corrected chi connectivity index (χ2v) is 6.11. The number of rotatable bonds is 5. The highest BCUT2D eigenvalue weighted by Crippen LogP contribution is 2.29. The fraction of sp³-hybridized carbons (Fsp3) is 0.0667. The minimum Gasteiger partial charge on any atom is -0.369 e. The van der Waals surface area contributed by atoms with E-state index in [4.69, 9.17) is 28.9 Å². The largest absolute Gasteiger partial charge is 0.369 e. The highest BCUT2D eigenvalue weighted by molar-refractivity contribution is 8.00. The highest BCUT2D eigenvalue weighted by Gasteiger charge is 2.14. The van der Waals surface area contributed by atoms with E-state index in [0.717, 1.165) is 4.90 Å². The minimum atomic E-state index is -0.427. The number of para-hydroxylation sites is 1. The van der Waals surface area contributed by atoms with Crippen LogP contribution in [0.3, 0.4) is 0 Å². The number of hydrogen-bond acceptors (Lipinski definition) is 3. The third-order valence-electron chi connectivity index (χ3n) is 2.70. The second kappa shape index (κ2) is 7.54. The summed E-state index contributed by atoms with van der Waals surface area (Å²) in [6.45, 7) is 0. The van der Waals surface area contributed by atoms with Crippen LogP contribution in [-0.4, -0.2) is 17.6 Å². The zero-order valence-corrected chi connectivity index (χ0v) is 13.6. The number of thioether (sulfide) groups is 1. The Morgan fingerprint density at radius 1 is 1.09 bits per heavy atom. The minimum absolute atomic E-state index is 0.130. The van der Waals surface area contributed by atoms with E-state index in [1.165, 1.54) is 11.8 Å². The lowest BCUT2D eigenvalue weighted by Gasteiger charge is -2.11. The highest BCUT2D eigenvalue weighted by atomic mass is 35.5. The molecule has 0 unspecified atom stereocenters. The zero-order valence-electron chi connectivity index (χ0n) is 11.3. The number of benzene rings is 2. The Hall–Kier alpha value is -1.69. The molecular formula is C15H12Cl2N2O2S. The van der Waals surface area contributed by atoms with Gasteiger partial charge in [-0.05, 0) is 24.3 Å². The third-order valence-corrected chi connectivity index (χ3v) is 4.62. The lowest BCUT2D eigenvalue weighted by Crippen LogP contribution is -2.15. The van der Waals surface area contributed by atoms with Crippen LogP contribution < -0.4 is 11.1 Å². The van der Waals surface area contributed by atoms with Crippen LogP contribution in [0, 0.1) is 0 Å². The van der Waals surface area contributed by atoms with Crippen molar-refractivity contribution in [3.63, 3.8) is 0 Å². The monoisotopic (exact) mass is 354 g/mol. The molecule has 3 N–H and O–H groups in total. The molecule has 0 aliphatic heterocycles. The smallest absolute Gasteiger partial charge is 0.257 e. The fourth-order valence-corrected chi connectivity index (χ4v) is 2.85.